The highest BCUT2D eigenvalue weighted by Gasteiger charge is 2.39. The molecular weight excluding hydrogens is 342 g/mol. The van der Waals surface area contributed by atoms with Gasteiger partial charge in [-0.05, 0) is 24.6 Å². The van der Waals surface area contributed by atoms with Gasteiger partial charge in [-0.1, -0.05) is 42.0 Å². The fraction of sp³-hybridized carbons (Fsp3) is 0.286. The minimum absolute atomic E-state index is 0.0555. The molecule has 0 aliphatic carbocycles. The number of nitrogens with zero attached hydrogens (tertiary/aromatic N) is 2. The molecule has 2 atom stereocenters. The van der Waals surface area contributed by atoms with Crippen LogP contribution in [0.2, 0.25) is 0 Å². The second-order valence-electron chi connectivity index (χ2n) is 7.23. The number of hydrogen-bond acceptors (Lipinski definition) is 4. The van der Waals surface area contributed by atoms with Crippen molar-refractivity contribution in [2.75, 3.05) is 19.6 Å². The summed E-state index contributed by atoms with van der Waals surface area (Å²) in [6.07, 6.45) is 0. The third-order valence-corrected chi connectivity index (χ3v) is 5.37. The number of fused-ring (bicyclic) bond motifs is 1. The quantitative estimate of drug-likeness (QED) is 0.839. The molecule has 2 N–H and O–H groups in total. The SMILES string of the molecule is Cc1ccc2c(c1)C(=O)N(CC(=O)N1C[C@@H](N)[C@H](c3ccccc3)C1)C2=O. The number of likely N-dealkylation sites (tertiary alicyclic amines) is 1. The molecule has 0 bridgehead atoms. The van der Waals surface area contributed by atoms with Crippen LogP contribution in [-0.2, 0) is 4.79 Å². The highest BCUT2D eigenvalue weighted by molar-refractivity contribution is 6.22. The predicted molar refractivity (Wildman–Crippen MR) is 100 cm³/mol. The molecule has 4 rings (SSSR count). The third-order valence-electron chi connectivity index (χ3n) is 5.37. The van der Waals surface area contributed by atoms with E-state index in [-0.39, 0.29) is 24.4 Å². The van der Waals surface area contributed by atoms with Gasteiger partial charge in [0.15, 0.2) is 0 Å². The summed E-state index contributed by atoms with van der Waals surface area (Å²) in [6.45, 7) is 2.52. The predicted octanol–water partition coefficient (Wildman–Crippen LogP) is 1.54. The Morgan fingerprint density at radius 1 is 1.04 bits per heavy atom. The molecule has 0 spiro atoms. The maximum Gasteiger partial charge on any atom is 0.262 e. The lowest BCUT2D eigenvalue weighted by Crippen LogP contribution is -2.42. The van der Waals surface area contributed by atoms with Crippen molar-refractivity contribution in [1.82, 2.24) is 9.80 Å². The lowest BCUT2D eigenvalue weighted by atomic mass is 9.95. The lowest BCUT2D eigenvalue weighted by Gasteiger charge is -2.20. The van der Waals surface area contributed by atoms with E-state index in [9.17, 15) is 14.4 Å². The molecule has 0 aromatic heterocycles. The normalized spacial score (nSPS) is 21.7. The van der Waals surface area contributed by atoms with E-state index < -0.39 is 11.8 Å². The summed E-state index contributed by atoms with van der Waals surface area (Å²) in [5.74, 6) is -1.02. The molecule has 1 fully saturated rings. The Hall–Kier alpha value is -2.99. The molecule has 2 aliphatic heterocycles. The zero-order valence-corrected chi connectivity index (χ0v) is 15.1. The van der Waals surface area contributed by atoms with Gasteiger partial charge < -0.3 is 10.6 Å². The van der Waals surface area contributed by atoms with Crippen LogP contribution < -0.4 is 5.73 Å². The Labute approximate surface area is 157 Å². The van der Waals surface area contributed by atoms with E-state index in [2.05, 4.69) is 0 Å². The van der Waals surface area contributed by atoms with Gasteiger partial charge in [0.1, 0.15) is 6.54 Å². The second-order valence-corrected chi connectivity index (χ2v) is 7.23. The van der Waals surface area contributed by atoms with E-state index in [1.165, 1.54) is 0 Å². The summed E-state index contributed by atoms with van der Waals surface area (Å²) in [6, 6.07) is 14.8. The number of imide groups is 1. The van der Waals surface area contributed by atoms with E-state index in [1.54, 1.807) is 23.1 Å². The van der Waals surface area contributed by atoms with Crippen molar-refractivity contribution in [2.24, 2.45) is 5.73 Å². The van der Waals surface area contributed by atoms with Gasteiger partial charge in [0.05, 0.1) is 11.1 Å². The number of hydrogen-bond donors (Lipinski definition) is 1. The van der Waals surface area contributed by atoms with Crippen LogP contribution in [0.1, 0.15) is 37.8 Å². The van der Waals surface area contributed by atoms with Crippen LogP contribution in [-0.4, -0.2) is 53.2 Å². The van der Waals surface area contributed by atoms with Crippen molar-refractivity contribution in [3.05, 3.63) is 70.8 Å². The smallest absolute Gasteiger partial charge is 0.262 e. The van der Waals surface area contributed by atoms with E-state index >= 15 is 0 Å². The number of rotatable bonds is 3. The van der Waals surface area contributed by atoms with Gasteiger partial charge >= 0.3 is 0 Å². The minimum Gasteiger partial charge on any atom is -0.339 e. The van der Waals surface area contributed by atoms with E-state index in [1.807, 2.05) is 37.3 Å². The number of carbonyl (C=O) groups is 3. The van der Waals surface area contributed by atoms with Crippen LogP contribution in [0.3, 0.4) is 0 Å². The zero-order chi connectivity index (χ0) is 19.1. The number of benzene rings is 2. The van der Waals surface area contributed by atoms with E-state index in [0.717, 1.165) is 16.0 Å². The lowest BCUT2D eigenvalue weighted by molar-refractivity contribution is -0.130. The molecule has 138 valence electrons. The van der Waals surface area contributed by atoms with Crippen LogP contribution in [0.4, 0.5) is 0 Å². The van der Waals surface area contributed by atoms with E-state index in [0.29, 0.717) is 24.2 Å². The van der Waals surface area contributed by atoms with Gasteiger partial charge in [-0.15, -0.1) is 0 Å². The molecule has 0 radical (unpaired) electrons. The monoisotopic (exact) mass is 363 g/mol. The molecule has 6 heteroatoms. The molecule has 2 aromatic carbocycles. The van der Waals surface area contributed by atoms with Crippen molar-refractivity contribution in [3.63, 3.8) is 0 Å². The maximum atomic E-state index is 12.8. The maximum absolute atomic E-state index is 12.8. The molecule has 2 heterocycles. The fourth-order valence-electron chi connectivity index (χ4n) is 3.87. The van der Waals surface area contributed by atoms with E-state index in [4.69, 9.17) is 5.73 Å². The summed E-state index contributed by atoms with van der Waals surface area (Å²) in [4.78, 5) is 40.5. The molecular formula is C21H21N3O3. The first kappa shape index (κ1) is 17.4. The zero-order valence-electron chi connectivity index (χ0n) is 15.1. The molecule has 1 saturated heterocycles. The Morgan fingerprint density at radius 3 is 2.48 bits per heavy atom. The molecule has 3 amide bonds. The molecule has 27 heavy (non-hydrogen) atoms. The molecule has 2 aromatic rings. The average molecular weight is 363 g/mol. The summed E-state index contributed by atoms with van der Waals surface area (Å²) in [5.41, 5.74) is 8.97. The summed E-state index contributed by atoms with van der Waals surface area (Å²) < 4.78 is 0. The highest BCUT2D eigenvalue weighted by atomic mass is 16.2. The third kappa shape index (κ3) is 3.02. The first-order chi connectivity index (χ1) is 13.0. The summed E-state index contributed by atoms with van der Waals surface area (Å²) in [7, 11) is 0. The second kappa shape index (κ2) is 6.63. The topological polar surface area (TPSA) is 83.7 Å². The number of carbonyl (C=O) groups excluding carboxylic acids is 3. The van der Waals surface area contributed by atoms with Crippen LogP contribution in [0.5, 0.6) is 0 Å². The summed E-state index contributed by atoms with van der Waals surface area (Å²) >= 11 is 0. The first-order valence-corrected chi connectivity index (χ1v) is 9.01. The number of nitrogens with two attached hydrogens (primary N) is 1. The Balaban J connectivity index is 1.47. The van der Waals surface area contributed by atoms with Crippen LogP contribution in [0, 0.1) is 6.92 Å². The number of amides is 3. The van der Waals surface area contributed by atoms with Crippen LogP contribution >= 0.6 is 0 Å². The Morgan fingerprint density at radius 2 is 1.74 bits per heavy atom. The standard InChI is InChI=1S/C21H21N3O3/c1-13-7-8-15-16(9-13)21(27)24(20(15)26)12-19(25)23-10-17(18(22)11-23)14-5-3-2-4-6-14/h2-9,17-18H,10-12,22H2,1H3/t17-,18+/m0/s1. The van der Waals surface area contributed by atoms with Crippen molar-refractivity contribution in [3.8, 4) is 0 Å². The average Bonchev–Trinajstić information content (AvgIpc) is 3.16. The highest BCUT2D eigenvalue weighted by Crippen LogP contribution is 2.28. The van der Waals surface area contributed by atoms with Crippen LogP contribution in [0.25, 0.3) is 0 Å². The van der Waals surface area contributed by atoms with Gasteiger partial charge in [-0.2, -0.15) is 0 Å². The van der Waals surface area contributed by atoms with Crippen LogP contribution in [0.15, 0.2) is 48.5 Å². The molecule has 2 aliphatic rings. The number of aryl methyl sites for hydroxylation is 1. The van der Waals surface area contributed by atoms with Gasteiger partial charge in [-0.3, -0.25) is 19.3 Å². The largest absolute Gasteiger partial charge is 0.339 e. The van der Waals surface area contributed by atoms with Gasteiger partial charge in [0.2, 0.25) is 5.91 Å². The fourth-order valence-corrected chi connectivity index (χ4v) is 3.87. The minimum atomic E-state index is -0.411. The van der Waals surface area contributed by atoms with Crippen molar-refractivity contribution in [2.45, 2.75) is 18.9 Å². The molecule has 6 nitrogen and oxygen atoms in total. The summed E-state index contributed by atoms with van der Waals surface area (Å²) in [5, 5.41) is 0. The van der Waals surface area contributed by atoms with Gasteiger partial charge in [0, 0.05) is 25.0 Å². The first-order valence-electron chi connectivity index (χ1n) is 9.01. The molecule has 0 unspecified atom stereocenters. The van der Waals surface area contributed by atoms with Crippen molar-refractivity contribution >= 4 is 17.7 Å². The Bertz CT molecular complexity index is 926. The Kier molecular flexibility index (Phi) is 4.28. The van der Waals surface area contributed by atoms with Gasteiger partial charge in [0.25, 0.3) is 11.8 Å². The molecule has 0 saturated carbocycles. The van der Waals surface area contributed by atoms with Crippen molar-refractivity contribution in [1.29, 1.82) is 0 Å². The van der Waals surface area contributed by atoms with Gasteiger partial charge in [-0.25, -0.2) is 0 Å². The van der Waals surface area contributed by atoms with Crippen molar-refractivity contribution < 1.29 is 14.4 Å².